The normalized spacial score (nSPS) is 21.1. The number of guanidine groups is 1. The van der Waals surface area contributed by atoms with Crippen LogP contribution < -0.4 is 5.32 Å². The summed E-state index contributed by atoms with van der Waals surface area (Å²) in [6, 6.07) is 8.39. The highest BCUT2D eigenvalue weighted by molar-refractivity contribution is 14.0. The summed E-state index contributed by atoms with van der Waals surface area (Å²) in [4.78, 5) is 9.34. The van der Waals surface area contributed by atoms with E-state index in [1.165, 1.54) is 5.56 Å². The molecule has 0 amide bonds. The summed E-state index contributed by atoms with van der Waals surface area (Å²) in [5.74, 6) is 1.48. The van der Waals surface area contributed by atoms with Crippen molar-refractivity contribution in [3.8, 4) is 0 Å². The molecule has 0 aliphatic carbocycles. The number of methoxy groups -OCH3 is 1. The van der Waals surface area contributed by atoms with Crippen LogP contribution in [0.1, 0.15) is 18.0 Å². The topological polar surface area (TPSA) is 58.6 Å². The van der Waals surface area contributed by atoms with Crippen LogP contribution in [0.5, 0.6) is 0 Å². The summed E-state index contributed by atoms with van der Waals surface area (Å²) in [5.41, 5.74) is 1.22. The average Bonchev–Trinajstić information content (AvgIpc) is 3.24. The fourth-order valence-corrected chi connectivity index (χ4v) is 4.33. The van der Waals surface area contributed by atoms with E-state index in [4.69, 9.17) is 25.8 Å². The highest BCUT2D eigenvalue weighted by Crippen LogP contribution is 2.24. The Kier molecular flexibility index (Phi) is 12.4. The number of morpholine rings is 1. The maximum absolute atomic E-state index is 6.28. The molecule has 7 nitrogen and oxygen atoms in total. The van der Waals surface area contributed by atoms with Gasteiger partial charge in [0.05, 0.1) is 39.1 Å². The molecular formula is C22H36ClIN4O3. The van der Waals surface area contributed by atoms with Crippen molar-refractivity contribution in [2.24, 2.45) is 10.9 Å². The molecule has 9 heteroatoms. The number of rotatable bonds is 9. The van der Waals surface area contributed by atoms with Crippen molar-refractivity contribution in [1.29, 1.82) is 0 Å². The summed E-state index contributed by atoms with van der Waals surface area (Å²) < 4.78 is 16.3. The van der Waals surface area contributed by atoms with Crippen LogP contribution in [0.2, 0.25) is 5.02 Å². The Morgan fingerprint density at radius 2 is 2.10 bits per heavy atom. The summed E-state index contributed by atoms with van der Waals surface area (Å²) in [6.45, 7) is 8.18. The third kappa shape index (κ3) is 8.33. The zero-order chi connectivity index (χ0) is 21.2. The van der Waals surface area contributed by atoms with Crippen LogP contribution in [0.3, 0.4) is 0 Å². The molecule has 0 saturated carbocycles. The van der Waals surface area contributed by atoms with Gasteiger partial charge in [0.15, 0.2) is 5.96 Å². The van der Waals surface area contributed by atoms with Crippen molar-refractivity contribution in [1.82, 2.24) is 15.1 Å². The third-order valence-corrected chi connectivity index (χ3v) is 5.99. The van der Waals surface area contributed by atoms with Gasteiger partial charge < -0.3 is 24.4 Å². The van der Waals surface area contributed by atoms with Gasteiger partial charge in [-0.3, -0.25) is 9.89 Å². The molecule has 3 rings (SSSR count). The standard InChI is InChI=1S/C22H35ClN4O3.HI/c1-24-22(27-7-6-18(16-27)17-30-13-12-28-2)25-15-21(26-8-10-29-11-9-26)19-4-3-5-20(23)14-19;/h3-5,14,18,21H,6-13,15-17H2,1-2H3,(H,24,25);1H. The van der Waals surface area contributed by atoms with Crippen LogP contribution >= 0.6 is 35.6 Å². The van der Waals surface area contributed by atoms with Crippen molar-refractivity contribution in [2.75, 3.05) is 79.9 Å². The van der Waals surface area contributed by atoms with Gasteiger partial charge >= 0.3 is 0 Å². The predicted octanol–water partition coefficient (Wildman–Crippen LogP) is 2.89. The molecule has 0 radical (unpaired) electrons. The molecule has 2 saturated heterocycles. The highest BCUT2D eigenvalue weighted by atomic mass is 127. The first-order valence-corrected chi connectivity index (χ1v) is 11.2. The molecule has 2 unspecified atom stereocenters. The molecule has 2 aliphatic heterocycles. The lowest BCUT2D eigenvalue weighted by Gasteiger charge is -2.35. The SMILES string of the molecule is CN=C(NCC(c1cccc(Cl)c1)N1CCOCC1)N1CCC(COCCOC)C1.I. The van der Waals surface area contributed by atoms with E-state index in [1.54, 1.807) is 7.11 Å². The quantitative estimate of drug-likeness (QED) is 0.215. The van der Waals surface area contributed by atoms with Crippen LogP contribution in [-0.4, -0.2) is 95.7 Å². The zero-order valence-corrected chi connectivity index (χ0v) is 21.7. The molecule has 2 heterocycles. The average molecular weight is 567 g/mol. The van der Waals surface area contributed by atoms with Crippen LogP contribution in [0.15, 0.2) is 29.3 Å². The maximum Gasteiger partial charge on any atom is 0.193 e. The summed E-state index contributed by atoms with van der Waals surface area (Å²) in [6.07, 6.45) is 1.12. The zero-order valence-electron chi connectivity index (χ0n) is 18.6. The molecule has 0 bridgehead atoms. The number of hydrogen-bond donors (Lipinski definition) is 1. The molecular weight excluding hydrogens is 531 g/mol. The third-order valence-electron chi connectivity index (χ3n) is 5.76. The molecule has 1 N–H and O–H groups in total. The summed E-state index contributed by atoms with van der Waals surface area (Å²) >= 11 is 6.28. The molecule has 1 aromatic carbocycles. The number of benzene rings is 1. The first-order valence-electron chi connectivity index (χ1n) is 10.8. The van der Waals surface area contributed by atoms with Crippen molar-refractivity contribution in [3.05, 3.63) is 34.9 Å². The van der Waals surface area contributed by atoms with Gasteiger partial charge in [-0.1, -0.05) is 23.7 Å². The van der Waals surface area contributed by atoms with E-state index in [2.05, 4.69) is 32.2 Å². The van der Waals surface area contributed by atoms with Crippen molar-refractivity contribution < 1.29 is 14.2 Å². The Hall–Kier alpha value is -0.650. The van der Waals surface area contributed by atoms with Crippen molar-refractivity contribution >= 4 is 41.5 Å². The Morgan fingerprint density at radius 1 is 1.29 bits per heavy atom. The second-order valence-electron chi connectivity index (χ2n) is 7.82. The largest absolute Gasteiger partial charge is 0.382 e. The summed E-state index contributed by atoms with van der Waals surface area (Å²) in [7, 11) is 3.55. The van der Waals surface area contributed by atoms with Gasteiger partial charge in [0.25, 0.3) is 0 Å². The lowest BCUT2D eigenvalue weighted by Crippen LogP contribution is -2.47. The number of nitrogens with zero attached hydrogens (tertiary/aromatic N) is 3. The number of aliphatic imine (C=N–C) groups is 1. The van der Waals surface area contributed by atoms with Gasteiger partial charge in [-0.25, -0.2) is 0 Å². The Labute approximate surface area is 208 Å². The molecule has 176 valence electrons. The van der Waals surface area contributed by atoms with E-state index in [-0.39, 0.29) is 30.0 Å². The predicted molar refractivity (Wildman–Crippen MR) is 136 cm³/mol. The first kappa shape index (κ1) is 26.6. The van der Waals surface area contributed by atoms with Crippen LogP contribution in [0.25, 0.3) is 0 Å². The van der Waals surface area contributed by atoms with Crippen LogP contribution in [0, 0.1) is 5.92 Å². The van der Waals surface area contributed by atoms with E-state index < -0.39 is 0 Å². The molecule has 2 atom stereocenters. The maximum atomic E-state index is 6.28. The summed E-state index contributed by atoms with van der Waals surface area (Å²) in [5, 5.41) is 4.38. The number of nitrogens with one attached hydrogen (secondary N) is 1. The first-order chi connectivity index (χ1) is 14.7. The van der Waals surface area contributed by atoms with E-state index in [1.807, 2.05) is 19.2 Å². The van der Waals surface area contributed by atoms with Crippen LogP contribution in [0.4, 0.5) is 0 Å². The molecule has 1 aromatic rings. The number of likely N-dealkylation sites (tertiary alicyclic amines) is 1. The highest BCUT2D eigenvalue weighted by Gasteiger charge is 2.27. The number of hydrogen-bond acceptors (Lipinski definition) is 5. The molecule has 2 aliphatic rings. The van der Waals surface area contributed by atoms with Gasteiger partial charge in [-0.05, 0) is 24.1 Å². The van der Waals surface area contributed by atoms with Crippen molar-refractivity contribution in [3.63, 3.8) is 0 Å². The molecule has 0 spiro atoms. The second kappa shape index (κ2) is 14.5. The number of ether oxygens (including phenoxy) is 3. The minimum atomic E-state index is 0. The Morgan fingerprint density at radius 3 is 2.81 bits per heavy atom. The Balaban J connectivity index is 0.00000341. The Bertz CT molecular complexity index is 676. The number of halogens is 2. The minimum absolute atomic E-state index is 0. The molecule has 0 aromatic heterocycles. The fourth-order valence-electron chi connectivity index (χ4n) is 4.13. The van der Waals surface area contributed by atoms with Gasteiger partial charge in [-0.15, -0.1) is 24.0 Å². The van der Waals surface area contributed by atoms with Gasteiger partial charge in [0.2, 0.25) is 0 Å². The molecule has 31 heavy (non-hydrogen) atoms. The van der Waals surface area contributed by atoms with E-state index in [0.29, 0.717) is 19.1 Å². The van der Waals surface area contributed by atoms with E-state index in [9.17, 15) is 0 Å². The smallest absolute Gasteiger partial charge is 0.193 e. The van der Waals surface area contributed by atoms with Gasteiger partial charge in [0.1, 0.15) is 0 Å². The van der Waals surface area contributed by atoms with Gasteiger partial charge in [0, 0.05) is 57.8 Å². The minimum Gasteiger partial charge on any atom is -0.382 e. The second-order valence-corrected chi connectivity index (χ2v) is 8.25. The van der Waals surface area contributed by atoms with E-state index >= 15 is 0 Å². The monoisotopic (exact) mass is 566 g/mol. The van der Waals surface area contributed by atoms with Crippen molar-refractivity contribution in [2.45, 2.75) is 12.5 Å². The fraction of sp³-hybridized carbons (Fsp3) is 0.682. The van der Waals surface area contributed by atoms with Gasteiger partial charge in [-0.2, -0.15) is 0 Å². The van der Waals surface area contributed by atoms with Crippen LogP contribution in [-0.2, 0) is 14.2 Å². The lowest BCUT2D eigenvalue weighted by molar-refractivity contribution is 0.0169. The lowest BCUT2D eigenvalue weighted by atomic mass is 10.0. The van der Waals surface area contributed by atoms with E-state index in [0.717, 1.165) is 69.9 Å². The molecule has 2 fully saturated rings.